The minimum Gasteiger partial charge on any atom is -0.497 e. The summed E-state index contributed by atoms with van der Waals surface area (Å²) in [4.78, 5) is 20.9. The number of carbonyl (C=O) groups excluding carboxylic acids is 1. The number of benzene rings is 2. The topological polar surface area (TPSA) is 60.4 Å². The molecular weight excluding hydrogens is 416 g/mol. The van der Waals surface area contributed by atoms with Crippen LogP contribution >= 0.6 is 0 Å². The SMILES string of the molecule is COc1ccc(C2=NOC(CN(Cc3cccc(OC)c3)C(=O)CCC3CCCC3)C2)cc1. The minimum atomic E-state index is -0.150. The molecule has 1 fully saturated rings. The number of nitrogens with zero attached hydrogens (tertiary/aromatic N) is 2. The van der Waals surface area contributed by atoms with Gasteiger partial charge in [-0.3, -0.25) is 4.79 Å². The molecule has 1 aliphatic heterocycles. The molecule has 0 radical (unpaired) electrons. The van der Waals surface area contributed by atoms with Crippen molar-refractivity contribution < 1.29 is 19.1 Å². The second kappa shape index (κ2) is 11.2. The van der Waals surface area contributed by atoms with Gasteiger partial charge >= 0.3 is 0 Å². The normalized spacial score (nSPS) is 18.0. The Balaban J connectivity index is 1.40. The van der Waals surface area contributed by atoms with E-state index in [9.17, 15) is 4.79 Å². The van der Waals surface area contributed by atoms with Crippen molar-refractivity contribution in [2.75, 3.05) is 20.8 Å². The van der Waals surface area contributed by atoms with Crippen LogP contribution in [0.4, 0.5) is 0 Å². The summed E-state index contributed by atoms with van der Waals surface area (Å²) in [5, 5.41) is 4.32. The Morgan fingerprint density at radius 3 is 2.55 bits per heavy atom. The highest BCUT2D eigenvalue weighted by molar-refractivity contribution is 6.01. The lowest BCUT2D eigenvalue weighted by Crippen LogP contribution is -2.37. The molecular formula is C27H34N2O4. The Bertz CT molecular complexity index is 951. The number of hydrogen-bond acceptors (Lipinski definition) is 5. The lowest BCUT2D eigenvalue weighted by atomic mass is 10.0. The van der Waals surface area contributed by atoms with Crippen molar-refractivity contribution in [3.63, 3.8) is 0 Å². The molecule has 176 valence electrons. The standard InChI is InChI=1S/C27H34N2O4/c1-31-23-13-11-22(12-14-23)26-17-25(33-28-26)19-29(18-21-8-5-9-24(16-21)32-2)27(30)15-10-20-6-3-4-7-20/h5,8-9,11-14,16,20,25H,3-4,6-7,10,15,17-19H2,1-2H3. The summed E-state index contributed by atoms with van der Waals surface area (Å²) in [6.45, 7) is 1.06. The van der Waals surface area contributed by atoms with E-state index < -0.39 is 0 Å². The van der Waals surface area contributed by atoms with E-state index in [-0.39, 0.29) is 12.0 Å². The van der Waals surface area contributed by atoms with Crippen molar-refractivity contribution in [1.82, 2.24) is 4.90 Å². The number of oxime groups is 1. The first-order valence-electron chi connectivity index (χ1n) is 11.9. The molecule has 0 saturated heterocycles. The first-order valence-corrected chi connectivity index (χ1v) is 11.9. The number of carbonyl (C=O) groups is 1. The fraction of sp³-hybridized carbons (Fsp3) is 0.481. The van der Waals surface area contributed by atoms with Crippen LogP contribution in [0, 0.1) is 5.92 Å². The molecule has 1 amide bonds. The lowest BCUT2D eigenvalue weighted by Gasteiger charge is -2.26. The van der Waals surface area contributed by atoms with E-state index in [2.05, 4.69) is 5.16 Å². The van der Waals surface area contributed by atoms with Crippen LogP contribution in [-0.4, -0.2) is 43.4 Å². The highest BCUT2D eigenvalue weighted by atomic mass is 16.6. The Kier molecular flexibility index (Phi) is 7.87. The molecule has 1 aliphatic carbocycles. The smallest absolute Gasteiger partial charge is 0.223 e. The Labute approximate surface area is 196 Å². The van der Waals surface area contributed by atoms with Crippen molar-refractivity contribution in [2.24, 2.45) is 11.1 Å². The maximum absolute atomic E-state index is 13.3. The van der Waals surface area contributed by atoms with E-state index in [0.717, 1.165) is 34.8 Å². The van der Waals surface area contributed by atoms with Gasteiger partial charge in [-0.15, -0.1) is 0 Å². The van der Waals surface area contributed by atoms with Crippen LogP contribution in [0.5, 0.6) is 11.5 Å². The van der Waals surface area contributed by atoms with Crippen LogP contribution in [0.3, 0.4) is 0 Å². The summed E-state index contributed by atoms with van der Waals surface area (Å²) in [7, 11) is 3.32. The molecule has 1 unspecified atom stereocenters. The zero-order valence-electron chi connectivity index (χ0n) is 19.7. The maximum atomic E-state index is 13.3. The van der Waals surface area contributed by atoms with Crippen LogP contribution in [0.2, 0.25) is 0 Å². The van der Waals surface area contributed by atoms with Crippen LogP contribution < -0.4 is 9.47 Å². The van der Waals surface area contributed by atoms with E-state index in [1.54, 1.807) is 14.2 Å². The van der Waals surface area contributed by atoms with Crippen molar-refractivity contribution >= 4 is 11.6 Å². The third kappa shape index (κ3) is 6.28. The van der Waals surface area contributed by atoms with E-state index >= 15 is 0 Å². The number of ether oxygens (including phenoxy) is 2. The van der Waals surface area contributed by atoms with Gasteiger partial charge < -0.3 is 19.2 Å². The largest absolute Gasteiger partial charge is 0.497 e. The Hall–Kier alpha value is -3.02. The van der Waals surface area contributed by atoms with Crippen LogP contribution in [0.1, 0.15) is 56.1 Å². The molecule has 6 nitrogen and oxygen atoms in total. The van der Waals surface area contributed by atoms with Crippen molar-refractivity contribution in [3.05, 3.63) is 59.7 Å². The zero-order valence-corrected chi connectivity index (χ0v) is 19.7. The van der Waals surface area contributed by atoms with Gasteiger partial charge in [0.2, 0.25) is 5.91 Å². The highest BCUT2D eigenvalue weighted by Crippen LogP contribution is 2.29. The first kappa shape index (κ1) is 23.1. The third-order valence-electron chi connectivity index (χ3n) is 6.68. The fourth-order valence-corrected chi connectivity index (χ4v) is 4.76. The predicted molar refractivity (Wildman–Crippen MR) is 129 cm³/mol. The molecule has 2 aliphatic rings. The fourth-order valence-electron chi connectivity index (χ4n) is 4.76. The lowest BCUT2D eigenvalue weighted by molar-refractivity contribution is -0.134. The maximum Gasteiger partial charge on any atom is 0.223 e. The zero-order chi connectivity index (χ0) is 23.0. The molecule has 0 spiro atoms. The van der Waals surface area contributed by atoms with E-state index in [1.165, 1.54) is 25.7 Å². The van der Waals surface area contributed by atoms with E-state index in [4.69, 9.17) is 14.3 Å². The molecule has 0 bridgehead atoms. The molecule has 1 atom stereocenters. The molecule has 1 saturated carbocycles. The average molecular weight is 451 g/mol. The predicted octanol–water partition coefficient (Wildman–Crippen LogP) is 5.20. The number of amides is 1. The van der Waals surface area contributed by atoms with Gasteiger partial charge in [-0.05, 0) is 59.9 Å². The van der Waals surface area contributed by atoms with Crippen LogP contribution in [-0.2, 0) is 16.2 Å². The molecule has 4 rings (SSSR count). The number of methoxy groups -OCH3 is 2. The molecule has 0 aromatic heterocycles. The minimum absolute atomic E-state index is 0.150. The van der Waals surface area contributed by atoms with Gasteiger partial charge in [-0.25, -0.2) is 0 Å². The van der Waals surface area contributed by atoms with Crippen LogP contribution in [0.25, 0.3) is 0 Å². The summed E-state index contributed by atoms with van der Waals surface area (Å²) in [5.41, 5.74) is 2.98. The molecule has 33 heavy (non-hydrogen) atoms. The molecule has 1 heterocycles. The average Bonchev–Trinajstić information content (AvgIpc) is 3.55. The van der Waals surface area contributed by atoms with E-state index in [0.29, 0.717) is 31.8 Å². The van der Waals surface area contributed by atoms with Gasteiger partial charge in [0, 0.05) is 19.4 Å². The first-order chi connectivity index (χ1) is 16.1. The summed E-state index contributed by atoms with van der Waals surface area (Å²) in [5.74, 6) is 2.49. The van der Waals surface area contributed by atoms with Gasteiger partial charge in [-0.2, -0.15) is 0 Å². The number of hydrogen-bond donors (Lipinski definition) is 0. The number of rotatable bonds is 10. The van der Waals surface area contributed by atoms with Gasteiger partial charge in [0.05, 0.1) is 26.5 Å². The highest BCUT2D eigenvalue weighted by Gasteiger charge is 2.27. The molecule has 2 aromatic rings. The second-order valence-corrected chi connectivity index (χ2v) is 9.01. The summed E-state index contributed by atoms with van der Waals surface area (Å²) in [6, 6.07) is 15.7. The molecule has 0 N–H and O–H groups in total. The van der Waals surface area contributed by atoms with Gasteiger partial charge in [-0.1, -0.05) is 43.0 Å². The van der Waals surface area contributed by atoms with E-state index in [1.807, 2.05) is 53.4 Å². The van der Waals surface area contributed by atoms with Crippen LogP contribution in [0.15, 0.2) is 53.7 Å². The summed E-state index contributed by atoms with van der Waals surface area (Å²) >= 11 is 0. The van der Waals surface area contributed by atoms with Crippen molar-refractivity contribution in [1.29, 1.82) is 0 Å². The summed E-state index contributed by atoms with van der Waals surface area (Å²) < 4.78 is 10.6. The Morgan fingerprint density at radius 1 is 1.06 bits per heavy atom. The molecule has 2 aromatic carbocycles. The summed E-state index contributed by atoms with van der Waals surface area (Å²) in [6.07, 6.45) is 7.21. The van der Waals surface area contributed by atoms with Crippen molar-refractivity contribution in [2.45, 2.75) is 57.6 Å². The van der Waals surface area contributed by atoms with Gasteiger partial charge in [0.1, 0.15) is 11.5 Å². The van der Waals surface area contributed by atoms with Gasteiger partial charge in [0.15, 0.2) is 6.10 Å². The second-order valence-electron chi connectivity index (χ2n) is 9.01. The monoisotopic (exact) mass is 450 g/mol. The quantitative estimate of drug-likeness (QED) is 0.499. The third-order valence-corrected chi connectivity index (χ3v) is 6.68. The Morgan fingerprint density at radius 2 is 1.82 bits per heavy atom. The van der Waals surface area contributed by atoms with Gasteiger partial charge in [0.25, 0.3) is 0 Å². The van der Waals surface area contributed by atoms with Crippen molar-refractivity contribution in [3.8, 4) is 11.5 Å². The molecule has 6 heteroatoms.